The Bertz CT molecular complexity index is 1850. The van der Waals surface area contributed by atoms with Gasteiger partial charge in [0.05, 0.1) is 33.8 Å². The van der Waals surface area contributed by atoms with E-state index in [-0.39, 0.29) is 23.6 Å². The Morgan fingerprint density at radius 2 is 1.78 bits per heavy atom. The lowest BCUT2D eigenvalue weighted by Crippen LogP contribution is -2.21. The Morgan fingerprint density at radius 3 is 2.46 bits per heavy atom. The summed E-state index contributed by atoms with van der Waals surface area (Å²) in [7, 11) is 3.23. The van der Waals surface area contributed by atoms with Gasteiger partial charge in [0.25, 0.3) is 5.91 Å². The summed E-state index contributed by atoms with van der Waals surface area (Å²) in [6, 6.07) is 17.7. The third-order valence-electron chi connectivity index (χ3n) is 7.15. The topological polar surface area (TPSA) is 91.0 Å². The molecule has 0 saturated carbocycles. The molecular formula is C33H33N5O3. The monoisotopic (exact) mass is 547 g/mol. The molecule has 0 aliphatic rings. The van der Waals surface area contributed by atoms with Gasteiger partial charge in [-0.15, -0.1) is 5.92 Å². The van der Waals surface area contributed by atoms with E-state index in [1.165, 1.54) is 7.11 Å². The van der Waals surface area contributed by atoms with Gasteiger partial charge < -0.3 is 10.1 Å². The van der Waals surface area contributed by atoms with Crippen LogP contribution in [-0.2, 0) is 22.0 Å². The van der Waals surface area contributed by atoms with Crippen LogP contribution in [0, 0.1) is 11.8 Å². The zero-order valence-electron chi connectivity index (χ0n) is 24.0. The van der Waals surface area contributed by atoms with Crippen LogP contribution in [0.2, 0.25) is 0 Å². The van der Waals surface area contributed by atoms with Crippen LogP contribution in [0.5, 0.6) is 0 Å². The van der Waals surface area contributed by atoms with Crippen molar-refractivity contribution < 1.29 is 9.53 Å². The van der Waals surface area contributed by atoms with Gasteiger partial charge in [-0.3, -0.25) is 18.9 Å². The standard InChI is InChI=1S/C33H33N5O3/c1-6-7-8-17-33(2,3)24-11-13-25(14-12-24)38-31-26-18-22(9-15-27(26)34-20-28(31)37(4)32(38)40)23-10-16-29(35-19-23)36-30(39)21-41-5/h9-16,18-20H,6-7,21H2,1-5H3,(H,35,36,39). The van der Waals surface area contributed by atoms with Crippen LogP contribution in [0.1, 0.15) is 39.2 Å². The molecule has 0 unspecified atom stereocenters. The number of carbonyl (C=O) groups excluding carboxylic acids is 1. The molecule has 5 rings (SSSR count). The number of ether oxygens (including phenoxy) is 1. The van der Waals surface area contributed by atoms with E-state index < -0.39 is 0 Å². The highest BCUT2D eigenvalue weighted by Crippen LogP contribution is 2.31. The molecule has 1 amide bonds. The summed E-state index contributed by atoms with van der Waals surface area (Å²) >= 11 is 0. The van der Waals surface area contributed by atoms with Gasteiger partial charge in [0.2, 0.25) is 0 Å². The molecule has 2 aromatic carbocycles. The first-order chi connectivity index (χ1) is 19.7. The maximum Gasteiger partial charge on any atom is 0.333 e. The number of unbranched alkanes of at least 4 members (excludes halogenated alkanes) is 1. The van der Waals surface area contributed by atoms with Gasteiger partial charge >= 0.3 is 5.69 Å². The molecule has 0 aliphatic carbocycles. The average molecular weight is 548 g/mol. The van der Waals surface area contributed by atoms with Crippen molar-refractivity contribution in [2.24, 2.45) is 7.05 Å². The normalized spacial score (nSPS) is 11.4. The number of imidazole rings is 1. The highest BCUT2D eigenvalue weighted by atomic mass is 16.5. The molecule has 0 fully saturated rings. The number of amides is 1. The highest BCUT2D eigenvalue weighted by Gasteiger charge is 2.20. The molecule has 3 aromatic heterocycles. The molecule has 0 aliphatic heterocycles. The number of methoxy groups -OCH3 is 1. The molecule has 3 heterocycles. The van der Waals surface area contributed by atoms with Crippen LogP contribution in [0.4, 0.5) is 5.82 Å². The Kier molecular flexibility index (Phi) is 7.73. The SMILES string of the molecule is CCCC#CC(C)(C)c1ccc(-n2c(=O)n(C)c3cnc4ccc(-c5ccc(NC(=O)COC)nc5)cc4c32)cc1. The number of nitrogens with zero attached hydrogens (tertiary/aromatic N) is 4. The van der Waals surface area contributed by atoms with Gasteiger partial charge in [-0.1, -0.05) is 31.0 Å². The number of nitrogens with one attached hydrogen (secondary N) is 1. The summed E-state index contributed by atoms with van der Waals surface area (Å²) < 4.78 is 8.23. The predicted octanol–water partition coefficient (Wildman–Crippen LogP) is 5.61. The van der Waals surface area contributed by atoms with Crippen molar-refractivity contribution in [3.63, 3.8) is 0 Å². The fourth-order valence-electron chi connectivity index (χ4n) is 4.87. The molecule has 41 heavy (non-hydrogen) atoms. The second kappa shape index (κ2) is 11.4. The van der Waals surface area contributed by atoms with Crippen molar-refractivity contribution in [1.82, 2.24) is 19.1 Å². The lowest BCUT2D eigenvalue weighted by Gasteiger charge is -2.19. The molecule has 208 valence electrons. The first kappa shape index (κ1) is 27.8. The second-order valence-electron chi connectivity index (χ2n) is 10.5. The van der Waals surface area contributed by atoms with Gasteiger partial charge in [0.15, 0.2) is 0 Å². The minimum absolute atomic E-state index is 0.0383. The zero-order valence-corrected chi connectivity index (χ0v) is 24.0. The van der Waals surface area contributed by atoms with E-state index in [0.29, 0.717) is 5.82 Å². The number of aromatic nitrogens is 4. The van der Waals surface area contributed by atoms with E-state index >= 15 is 0 Å². The average Bonchev–Trinajstić information content (AvgIpc) is 3.23. The fourth-order valence-corrected chi connectivity index (χ4v) is 4.87. The lowest BCUT2D eigenvalue weighted by molar-refractivity contribution is -0.119. The largest absolute Gasteiger partial charge is 0.375 e. The maximum absolute atomic E-state index is 13.5. The minimum Gasteiger partial charge on any atom is -0.375 e. The van der Waals surface area contributed by atoms with Crippen LogP contribution in [-0.4, -0.2) is 38.7 Å². The van der Waals surface area contributed by atoms with Crippen LogP contribution >= 0.6 is 0 Å². The van der Waals surface area contributed by atoms with E-state index in [0.717, 1.165) is 57.2 Å². The minimum atomic E-state index is -0.293. The van der Waals surface area contributed by atoms with E-state index in [1.54, 1.807) is 34.6 Å². The summed E-state index contributed by atoms with van der Waals surface area (Å²) in [6.45, 7) is 6.32. The van der Waals surface area contributed by atoms with Crippen molar-refractivity contribution in [3.05, 3.63) is 83.0 Å². The summed E-state index contributed by atoms with van der Waals surface area (Å²) in [5, 5.41) is 3.55. The van der Waals surface area contributed by atoms with Crippen LogP contribution in [0.3, 0.4) is 0 Å². The number of hydrogen-bond donors (Lipinski definition) is 1. The zero-order chi connectivity index (χ0) is 29.1. The van der Waals surface area contributed by atoms with Crippen molar-refractivity contribution >= 4 is 33.7 Å². The van der Waals surface area contributed by atoms with Crippen LogP contribution < -0.4 is 11.0 Å². The fraction of sp³-hybridized carbons (Fsp3) is 0.273. The van der Waals surface area contributed by atoms with Gasteiger partial charge in [0, 0.05) is 37.7 Å². The number of carbonyl (C=O) groups is 1. The van der Waals surface area contributed by atoms with E-state index in [9.17, 15) is 9.59 Å². The smallest absolute Gasteiger partial charge is 0.333 e. The number of anilines is 1. The van der Waals surface area contributed by atoms with Gasteiger partial charge in [-0.05, 0) is 67.8 Å². The molecule has 0 saturated heterocycles. The van der Waals surface area contributed by atoms with E-state index in [1.807, 2.05) is 36.4 Å². The predicted molar refractivity (Wildman–Crippen MR) is 163 cm³/mol. The molecular weight excluding hydrogens is 514 g/mol. The first-order valence-electron chi connectivity index (χ1n) is 13.6. The highest BCUT2D eigenvalue weighted by molar-refractivity contribution is 6.04. The number of benzene rings is 2. The number of fused-ring (bicyclic) bond motifs is 3. The summed E-state index contributed by atoms with van der Waals surface area (Å²) in [6.07, 6.45) is 5.36. The summed E-state index contributed by atoms with van der Waals surface area (Å²) in [5.41, 5.74) is 5.53. The Balaban J connectivity index is 1.58. The first-order valence-corrected chi connectivity index (χ1v) is 13.6. The van der Waals surface area contributed by atoms with Crippen LogP contribution in [0.15, 0.2) is 71.8 Å². The quantitative estimate of drug-likeness (QED) is 0.268. The van der Waals surface area contributed by atoms with Crippen molar-refractivity contribution in [1.29, 1.82) is 0 Å². The number of aryl methyl sites for hydroxylation is 1. The molecule has 1 N–H and O–H groups in total. The maximum atomic E-state index is 13.5. The van der Waals surface area contributed by atoms with Crippen molar-refractivity contribution in [2.45, 2.75) is 39.0 Å². The van der Waals surface area contributed by atoms with Crippen molar-refractivity contribution in [2.75, 3.05) is 19.0 Å². The Hall–Kier alpha value is -4.74. The Morgan fingerprint density at radius 1 is 1.02 bits per heavy atom. The van der Waals surface area contributed by atoms with E-state index in [4.69, 9.17) is 4.74 Å². The Labute approximate surface area is 239 Å². The third-order valence-corrected chi connectivity index (χ3v) is 7.15. The molecule has 5 aromatic rings. The number of rotatable bonds is 7. The summed E-state index contributed by atoms with van der Waals surface area (Å²) in [4.78, 5) is 34.4. The second-order valence-corrected chi connectivity index (χ2v) is 10.5. The molecule has 8 heteroatoms. The molecule has 0 atom stereocenters. The molecule has 0 radical (unpaired) electrons. The number of hydrogen-bond acceptors (Lipinski definition) is 5. The lowest BCUT2D eigenvalue weighted by atomic mass is 9.85. The van der Waals surface area contributed by atoms with Crippen molar-refractivity contribution in [3.8, 4) is 28.7 Å². The van der Waals surface area contributed by atoms with Gasteiger partial charge in [0.1, 0.15) is 12.4 Å². The van der Waals surface area contributed by atoms with Crippen LogP contribution in [0.25, 0.3) is 38.8 Å². The molecule has 8 nitrogen and oxygen atoms in total. The molecule has 0 spiro atoms. The summed E-state index contributed by atoms with van der Waals surface area (Å²) in [5.74, 6) is 6.83. The third kappa shape index (κ3) is 5.49. The van der Waals surface area contributed by atoms with E-state index in [2.05, 4.69) is 60.0 Å². The number of pyridine rings is 2. The van der Waals surface area contributed by atoms with Gasteiger partial charge in [-0.2, -0.15) is 0 Å². The molecule has 0 bridgehead atoms. The van der Waals surface area contributed by atoms with Gasteiger partial charge in [-0.25, -0.2) is 9.78 Å².